The highest BCUT2D eigenvalue weighted by atomic mass is 16.8. The van der Waals surface area contributed by atoms with Crippen LogP contribution in [-0.4, -0.2) is 53.3 Å². The van der Waals surface area contributed by atoms with Crippen LogP contribution in [0.25, 0.3) is 0 Å². The number of aliphatic hydroxyl groups is 2. The van der Waals surface area contributed by atoms with Crippen molar-refractivity contribution in [1.29, 1.82) is 0 Å². The van der Waals surface area contributed by atoms with E-state index in [4.69, 9.17) is 18.9 Å². The Labute approximate surface area is 199 Å². The van der Waals surface area contributed by atoms with Crippen molar-refractivity contribution in [2.75, 3.05) is 6.61 Å². The molecule has 0 amide bonds. The summed E-state index contributed by atoms with van der Waals surface area (Å²) in [6.45, 7) is 3.66. The molecule has 5 rings (SSSR count). The molecule has 6 heteroatoms. The lowest BCUT2D eigenvalue weighted by atomic mass is 9.80. The van der Waals surface area contributed by atoms with Crippen molar-refractivity contribution in [1.82, 2.24) is 0 Å². The Morgan fingerprint density at radius 1 is 0.735 bits per heavy atom. The minimum atomic E-state index is -1.40. The first kappa shape index (κ1) is 23.2. The fourth-order valence-electron chi connectivity index (χ4n) is 4.98. The molecule has 0 unspecified atom stereocenters. The fourth-order valence-corrected chi connectivity index (χ4v) is 4.98. The van der Waals surface area contributed by atoms with Crippen LogP contribution < -0.4 is 0 Å². The van der Waals surface area contributed by atoms with Gasteiger partial charge < -0.3 is 29.2 Å². The number of hydrogen-bond acceptors (Lipinski definition) is 6. The van der Waals surface area contributed by atoms with Gasteiger partial charge >= 0.3 is 0 Å². The van der Waals surface area contributed by atoms with E-state index in [1.807, 2.05) is 91.0 Å². The topological polar surface area (TPSA) is 77.4 Å². The second kappa shape index (κ2) is 9.23. The Balaban J connectivity index is 1.56. The molecule has 178 valence electrons. The van der Waals surface area contributed by atoms with E-state index in [1.165, 1.54) is 0 Å². The van der Waals surface area contributed by atoms with Crippen LogP contribution in [0.15, 0.2) is 91.0 Å². The van der Waals surface area contributed by atoms with Gasteiger partial charge in [0.05, 0.1) is 6.61 Å². The second-order valence-corrected chi connectivity index (χ2v) is 9.21. The molecule has 2 aliphatic heterocycles. The van der Waals surface area contributed by atoms with Gasteiger partial charge in [-0.15, -0.1) is 0 Å². The van der Waals surface area contributed by atoms with E-state index in [-0.39, 0.29) is 6.61 Å². The predicted octanol–water partition coefficient (Wildman–Crippen LogP) is 3.59. The lowest BCUT2D eigenvalue weighted by Crippen LogP contribution is -2.57. The number of aliphatic hydroxyl groups excluding tert-OH is 2. The smallest absolute Gasteiger partial charge is 0.184 e. The van der Waals surface area contributed by atoms with Gasteiger partial charge in [0.25, 0.3) is 0 Å². The van der Waals surface area contributed by atoms with Gasteiger partial charge in [0.1, 0.15) is 30.0 Å². The minimum absolute atomic E-state index is 0.100. The highest BCUT2D eigenvalue weighted by Gasteiger charge is 2.55. The molecule has 2 aliphatic rings. The number of benzene rings is 3. The summed E-state index contributed by atoms with van der Waals surface area (Å²) < 4.78 is 24.6. The molecular formula is C28H30O6. The monoisotopic (exact) mass is 462 g/mol. The maximum absolute atomic E-state index is 10.4. The van der Waals surface area contributed by atoms with Crippen molar-refractivity contribution in [3.8, 4) is 0 Å². The van der Waals surface area contributed by atoms with E-state index in [1.54, 1.807) is 13.8 Å². The van der Waals surface area contributed by atoms with Crippen LogP contribution in [0.1, 0.15) is 30.5 Å². The summed E-state index contributed by atoms with van der Waals surface area (Å²) in [5.41, 5.74) is 1.95. The van der Waals surface area contributed by atoms with Crippen LogP contribution >= 0.6 is 0 Å². The maximum Gasteiger partial charge on any atom is 0.184 e. The molecule has 0 spiro atoms. The summed E-state index contributed by atoms with van der Waals surface area (Å²) in [6.07, 6.45) is -4.56. The largest absolute Gasteiger partial charge is 0.385 e. The molecule has 3 aromatic rings. The minimum Gasteiger partial charge on any atom is -0.385 e. The van der Waals surface area contributed by atoms with E-state index in [2.05, 4.69) is 0 Å². The zero-order valence-electron chi connectivity index (χ0n) is 19.3. The maximum atomic E-state index is 10.4. The predicted molar refractivity (Wildman–Crippen MR) is 126 cm³/mol. The summed E-state index contributed by atoms with van der Waals surface area (Å²) in [7, 11) is 0. The average molecular weight is 463 g/mol. The first-order chi connectivity index (χ1) is 16.4. The lowest BCUT2D eigenvalue weighted by molar-refractivity contribution is -0.270. The third-order valence-electron chi connectivity index (χ3n) is 6.48. The van der Waals surface area contributed by atoms with Gasteiger partial charge in [-0.05, 0) is 30.5 Å². The van der Waals surface area contributed by atoms with Gasteiger partial charge in [0.2, 0.25) is 0 Å². The summed E-state index contributed by atoms with van der Waals surface area (Å²) in [6, 6.07) is 30.1. The Hall–Kier alpha value is -2.58. The van der Waals surface area contributed by atoms with Crippen molar-refractivity contribution in [2.45, 2.75) is 55.9 Å². The van der Waals surface area contributed by atoms with Crippen molar-refractivity contribution in [2.24, 2.45) is 0 Å². The normalized spacial score (nSPS) is 28.4. The Morgan fingerprint density at radius 3 is 1.65 bits per heavy atom. The molecule has 6 nitrogen and oxygen atoms in total. The zero-order valence-corrected chi connectivity index (χ0v) is 19.3. The third kappa shape index (κ3) is 4.18. The highest BCUT2D eigenvalue weighted by molar-refractivity contribution is 5.47. The lowest BCUT2D eigenvalue weighted by Gasteiger charge is -2.41. The number of fused-ring (bicyclic) bond motifs is 1. The number of rotatable bonds is 6. The molecule has 2 fully saturated rings. The third-order valence-corrected chi connectivity index (χ3v) is 6.48. The fraction of sp³-hybridized carbons (Fsp3) is 0.357. The molecular weight excluding hydrogens is 432 g/mol. The van der Waals surface area contributed by atoms with Gasteiger partial charge in [0.15, 0.2) is 12.1 Å². The van der Waals surface area contributed by atoms with Gasteiger partial charge in [-0.3, -0.25) is 0 Å². The highest BCUT2D eigenvalue weighted by Crippen LogP contribution is 2.42. The average Bonchev–Trinajstić information content (AvgIpc) is 3.20. The molecule has 0 radical (unpaired) electrons. The molecule has 0 aromatic heterocycles. The second-order valence-electron chi connectivity index (χ2n) is 9.21. The van der Waals surface area contributed by atoms with Crippen LogP contribution in [0, 0.1) is 0 Å². The summed E-state index contributed by atoms with van der Waals surface area (Å²) in [5.74, 6) is -0.905. The summed E-state index contributed by atoms with van der Waals surface area (Å²) >= 11 is 0. The van der Waals surface area contributed by atoms with Gasteiger partial charge in [0, 0.05) is 0 Å². The van der Waals surface area contributed by atoms with Crippen LogP contribution in [0.4, 0.5) is 0 Å². The molecule has 0 bridgehead atoms. The molecule has 2 saturated heterocycles. The van der Waals surface area contributed by atoms with Crippen molar-refractivity contribution in [3.63, 3.8) is 0 Å². The van der Waals surface area contributed by atoms with Crippen LogP contribution in [-0.2, 0) is 24.5 Å². The van der Waals surface area contributed by atoms with Crippen molar-refractivity contribution >= 4 is 0 Å². The van der Waals surface area contributed by atoms with Crippen molar-refractivity contribution < 1.29 is 29.2 Å². The first-order valence-corrected chi connectivity index (χ1v) is 11.6. The van der Waals surface area contributed by atoms with Gasteiger partial charge in [-0.2, -0.15) is 0 Å². The zero-order chi connectivity index (χ0) is 23.8. The molecule has 0 aliphatic carbocycles. The van der Waals surface area contributed by atoms with E-state index < -0.39 is 42.1 Å². The van der Waals surface area contributed by atoms with Gasteiger partial charge in [-0.1, -0.05) is 91.0 Å². The molecule has 0 saturated carbocycles. The SMILES string of the molecule is CC1(C)O[C@@H]2[C@@H](O)[C@H](O)O[C@H](COC(c3ccccc3)(c3ccccc3)c3ccccc3)[C@@H]2O1. The number of ether oxygens (including phenoxy) is 4. The Kier molecular flexibility index (Phi) is 6.29. The van der Waals surface area contributed by atoms with Crippen LogP contribution in [0.3, 0.4) is 0 Å². The van der Waals surface area contributed by atoms with E-state index in [0.29, 0.717) is 0 Å². The standard InChI is InChI=1S/C28H30O6/c1-27(2)33-24-22(32-26(30)23(29)25(24)34-27)18-31-28(19-12-6-3-7-13-19,20-14-8-4-9-15-20)21-16-10-5-11-17-21/h3-17,22-26,29-30H,18H2,1-2H3/t22-,23-,24+,25-,26-/m1/s1. The van der Waals surface area contributed by atoms with E-state index in [9.17, 15) is 10.2 Å². The summed E-state index contributed by atoms with van der Waals surface area (Å²) in [5, 5.41) is 20.8. The number of hydrogen-bond donors (Lipinski definition) is 2. The van der Waals surface area contributed by atoms with Crippen molar-refractivity contribution in [3.05, 3.63) is 108 Å². The van der Waals surface area contributed by atoms with E-state index >= 15 is 0 Å². The Morgan fingerprint density at radius 2 is 1.18 bits per heavy atom. The molecule has 2 heterocycles. The quantitative estimate of drug-likeness (QED) is 0.545. The Bertz CT molecular complexity index is 975. The molecule has 34 heavy (non-hydrogen) atoms. The van der Waals surface area contributed by atoms with Crippen LogP contribution in [0.2, 0.25) is 0 Å². The van der Waals surface area contributed by atoms with Crippen LogP contribution in [0.5, 0.6) is 0 Å². The molecule has 5 atom stereocenters. The summed E-state index contributed by atoms with van der Waals surface area (Å²) in [4.78, 5) is 0. The van der Waals surface area contributed by atoms with E-state index in [0.717, 1.165) is 16.7 Å². The first-order valence-electron chi connectivity index (χ1n) is 11.6. The molecule has 3 aromatic carbocycles. The molecule has 2 N–H and O–H groups in total. The van der Waals surface area contributed by atoms with Gasteiger partial charge in [-0.25, -0.2) is 0 Å².